The van der Waals surface area contributed by atoms with Gasteiger partial charge in [0.2, 0.25) is 0 Å². The van der Waals surface area contributed by atoms with Crippen LogP contribution < -0.4 is 4.31 Å². The topological polar surface area (TPSA) is 116 Å². The number of aliphatic carboxylic acids is 1. The number of aromatic amines is 1. The number of carboxylic acids is 1. The Balaban J connectivity index is 1.75. The van der Waals surface area contributed by atoms with Crippen LogP contribution in [0.4, 0.5) is 5.69 Å². The lowest BCUT2D eigenvalue weighted by molar-refractivity contribution is -0.138. The van der Waals surface area contributed by atoms with E-state index >= 15 is 0 Å². The predicted octanol–water partition coefficient (Wildman–Crippen LogP) is 4.15. The molecule has 0 spiro atoms. The minimum absolute atomic E-state index is 0.266. The number of nitrogens with zero attached hydrogens (tertiary/aromatic N) is 3. The maximum atomic E-state index is 12.9. The van der Waals surface area contributed by atoms with E-state index in [1.807, 2.05) is 12.1 Å². The zero-order chi connectivity index (χ0) is 21.5. The number of fused-ring (bicyclic) bond motifs is 1. The summed E-state index contributed by atoms with van der Waals surface area (Å²) in [4.78, 5) is 14.6. The van der Waals surface area contributed by atoms with Gasteiger partial charge in [-0.2, -0.15) is 0 Å². The molecule has 0 amide bonds. The van der Waals surface area contributed by atoms with Gasteiger partial charge in [-0.25, -0.2) is 8.42 Å². The van der Waals surface area contributed by atoms with Crippen molar-refractivity contribution in [3.63, 3.8) is 0 Å². The number of rotatable bonds is 7. The van der Waals surface area contributed by atoms with Crippen LogP contribution in [-0.2, 0) is 14.8 Å². The molecule has 1 aromatic carbocycles. The molecular formula is C19H18N4O4S3. The highest BCUT2D eigenvalue weighted by Gasteiger charge is 2.26. The van der Waals surface area contributed by atoms with Gasteiger partial charge in [0.05, 0.1) is 16.9 Å². The summed E-state index contributed by atoms with van der Waals surface area (Å²) >= 11 is 2.38. The lowest BCUT2D eigenvalue weighted by Gasteiger charge is -2.19. The SMILES string of the molecule is CCC(C(=O)O)c1nnc(-c2cc3cccc(N(C)S(=O)(=O)c4cccs4)c3[nH]2)s1. The molecule has 4 aromatic rings. The number of benzene rings is 1. The molecule has 0 aliphatic carbocycles. The molecule has 30 heavy (non-hydrogen) atoms. The van der Waals surface area contributed by atoms with Crippen molar-refractivity contribution < 1.29 is 18.3 Å². The van der Waals surface area contributed by atoms with Crippen molar-refractivity contribution in [3.8, 4) is 10.7 Å². The molecule has 1 atom stereocenters. The second kappa shape index (κ2) is 7.82. The number of para-hydroxylation sites is 1. The van der Waals surface area contributed by atoms with E-state index in [4.69, 9.17) is 0 Å². The van der Waals surface area contributed by atoms with Gasteiger partial charge in [-0.3, -0.25) is 9.10 Å². The van der Waals surface area contributed by atoms with Gasteiger partial charge >= 0.3 is 5.97 Å². The van der Waals surface area contributed by atoms with Gasteiger partial charge in [0.1, 0.15) is 15.1 Å². The molecule has 2 N–H and O–H groups in total. The van der Waals surface area contributed by atoms with Gasteiger partial charge in [0.25, 0.3) is 10.0 Å². The molecular weight excluding hydrogens is 444 g/mol. The molecule has 3 aromatic heterocycles. The summed E-state index contributed by atoms with van der Waals surface area (Å²) in [5.41, 5.74) is 1.81. The second-order valence-electron chi connectivity index (χ2n) is 6.57. The Morgan fingerprint density at radius 3 is 2.73 bits per heavy atom. The summed E-state index contributed by atoms with van der Waals surface area (Å²) < 4.78 is 27.4. The molecule has 0 saturated carbocycles. The Morgan fingerprint density at radius 1 is 1.27 bits per heavy atom. The lowest BCUT2D eigenvalue weighted by atomic mass is 10.1. The number of H-pyrrole nitrogens is 1. The van der Waals surface area contributed by atoms with E-state index in [0.717, 1.165) is 5.39 Å². The zero-order valence-electron chi connectivity index (χ0n) is 16.1. The van der Waals surface area contributed by atoms with Gasteiger partial charge in [0.15, 0.2) is 5.01 Å². The minimum Gasteiger partial charge on any atom is -0.481 e. The van der Waals surface area contributed by atoms with Crippen molar-refractivity contribution in [2.24, 2.45) is 0 Å². The summed E-state index contributed by atoms with van der Waals surface area (Å²) in [6.45, 7) is 1.79. The Kier molecular flexibility index (Phi) is 5.35. The average molecular weight is 463 g/mol. The van der Waals surface area contributed by atoms with Crippen LogP contribution in [0.15, 0.2) is 46.0 Å². The van der Waals surface area contributed by atoms with E-state index in [1.165, 1.54) is 34.0 Å². The molecule has 3 heterocycles. The summed E-state index contributed by atoms with van der Waals surface area (Å²) in [5, 5.41) is 21.1. The molecule has 4 rings (SSSR count). The maximum absolute atomic E-state index is 12.9. The fourth-order valence-corrected chi connectivity index (χ4v) is 6.49. The number of hydrogen-bond acceptors (Lipinski definition) is 7. The van der Waals surface area contributed by atoms with E-state index in [1.54, 1.807) is 36.6 Å². The van der Waals surface area contributed by atoms with E-state index < -0.39 is 21.9 Å². The highest BCUT2D eigenvalue weighted by atomic mass is 32.2. The number of anilines is 1. The summed E-state index contributed by atoms with van der Waals surface area (Å²) in [6.07, 6.45) is 0.423. The standard InChI is InChI=1S/C19H18N4O4S3/c1-3-12(19(24)25)17-21-22-18(29-17)13-10-11-6-4-7-14(16(11)20-13)23(2)30(26,27)15-8-5-9-28-15/h4-10,12,20H,3H2,1-2H3,(H,24,25). The van der Waals surface area contributed by atoms with Gasteiger partial charge in [-0.15, -0.1) is 21.5 Å². The molecule has 0 bridgehead atoms. The van der Waals surface area contributed by atoms with Gasteiger partial charge in [-0.1, -0.05) is 36.5 Å². The molecule has 156 valence electrons. The van der Waals surface area contributed by atoms with Gasteiger partial charge in [-0.05, 0) is 30.0 Å². The first kappa shape index (κ1) is 20.5. The summed E-state index contributed by atoms with van der Waals surface area (Å²) in [5.74, 6) is -1.63. The van der Waals surface area contributed by atoms with Crippen LogP contribution in [0, 0.1) is 0 Å². The van der Waals surface area contributed by atoms with Crippen molar-refractivity contribution in [2.75, 3.05) is 11.4 Å². The highest BCUT2D eigenvalue weighted by molar-refractivity contribution is 7.94. The van der Waals surface area contributed by atoms with Gasteiger partial charge in [0, 0.05) is 12.4 Å². The Hall–Kier alpha value is -2.76. The Bertz CT molecular complexity index is 1310. The van der Waals surface area contributed by atoms with Crippen LogP contribution in [-0.4, -0.2) is 41.7 Å². The van der Waals surface area contributed by atoms with Crippen LogP contribution in [0.25, 0.3) is 21.6 Å². The van der Waals surface area contributed by atoms with E-state index in [9.17, 15) is 18.3 Å². The number of sulfonamides is 1. The fraction of sp³-hybridized carbons (Fsp3) is 0.211. The monoisotopic (exact) mass is 462 g/mol. The maximum Gasteiger partial charge on any atom is 0.313 e. The van der Waals surface area contributed by atoms with Crippen LogP contribution in [0.5, 0.6) is 0 Å². The highest BCUT2D eigenvalue weighted by Crippen LogP contribution is 2.35. The minimum atomic E-state index is -3.67. The first-order valence-electron chi connectivity index (χ1n) is 9.03. The molecule has 0 radical (unpaired) electrons. The zero-order valence-corrected chi connectivity index (χ0v) is 18.5. The van der Waals surface area contributed by atoms with Crippen molar-refractivity contribution in [1.82, 2.24) is 15.2 Å². The lowest BCUT2D eigenvalue weighted by Crippen LogP contribution is -2.26. The molecule has 8 nitrogen and oxygen atoms in total. The first-order valence-corrected chi connectivity index (χ1v) is 12.2. The van der Waals surface area contributed by atoms with Crippen LogP contribution >= 0.6 is 22.7 Å². The largest absolute Gasteiger partial charge is 0.481 e. The van der Waals surface area contributed by atoms with Crippen molar-refractivity contribution in [2.45, 2.75) is 23.5 Å². The van der Waals surface area contributed by atoms with Crippen LogP contribution in [0.1, 0.15) is 24.3 Å². The number of nitrogens with one attached hydrogen (secondary N) is 1. The third-order valence-electron chi connectivity index (χ3n) is 4.76. The smallest absolute Gasteiger partial charge is 0.313 e. The number of aromatic nitrogens is 3. The van der Waals surface area contributed by atoms with Crippen molar-refractivity contribution >= 4 is 55.3 Å². The molecule has 0 fully saturated rings. The second-order valence-corrected chi connectivity index (χ2v) is 10.7. The van der Waals surface area contributed by atoms with Gasteiger partial charge < -0.3 is 10.1 Å². The fourth-order valence-electron chi connectivity index (χ4n) is 3.13. The van der Waals surface area contributed by atoms with Crippen LogP contribution in [0.2, 0.25) is 0 Å². The van der Waals surface area contributed by atoms with Crippen molar-refractivity contribution in [1.29, 1.82) is 0 Å². The molecule has 0 aliphatic heterocycles. The average Bonchev–Trinajstić information content (AvgIpc) is 3.46. The first-order chi connectivity index (χ1) is 14.3. The Labute approximate surface area is 180 Å². The Morgan fingerprint density at radius 2 is 2.07 bits per heavy atom. The van der Waals surface area contributed by atoms with Crippen LogP contribution in [0.3, 0.4) is 0 Å². The molecule has 0 saturated heterocycles. The molecule has 11 heteroatoms. The summed E-state index contributed by atoms with van der Waals surface area (Å²) in [7, 11) is -2.15. The molecule has 1 unspecified atom stereocenters. The number of carboxylic acid groups (broad SMARTS) is 1. The normalized spacial score (nSPS) is 12.9. The number of carbonyl (C=O) groups is 1. The number of thiophene rings is 1. The van der Waals surface area contributed by atoms with E-state index in [2.05, 4.69) is 15.2 Å². The molecule has 0 aliphatic rings. The number of hydrogen-bond donors (Lipinski definition) is 2. The third kappa shape index (κ3) is 3.48. The van der Waals surface area contributed by atoms with Crippen molar-refractivity contribution in [3.05, 3.63) is 46.8 Å². The summed E-state index contributed by atoms with van der Waals surface area (Å²) in [6, 6.07) is 10.5. The van der Waals surface area contributed by atoms with E-state index in [0.29, 0.717) is 33.3 Å². The van der Waals surface area contributed by atoms with E-state index in [-0.39, 0.29) is 4.21 Å². The third-order valence-corrected chi connectivity index (χ3v) is 8.97. The predicted molar refractivity (Wildman–Crippen MR) is 118 cm³/mol. The quantitative estimate of drug-likeness (QED) is 0.426.